The van der Waals surface area contributed by atoms with E-state index in [2.05, 4.69) is 0 Å². The van der Waals surface area contributed by atoms with Crippen LogP contribution in [-0.2, 0) is 4.79 Å². The fourth-order valence-corrected chi connectivity index (χ4v) is 1.05. The monoisotopic (exact) mass is 180 g/mol. The molecule has 0 amide bonds. The molecule has 0 atom stereocenters. The van der Waals surface area contributed by atoms with E-state index in [-0.39, 0.29) is 11.5 Å². The number of esters is 1. The molecule has 0 aliphatic carbocycles. The van der Waals surface area contributed by atoms with E-state index in [1.54, 1.807) is 13.0 Å². The maximum Gasteiger partial charge on any atom is 0.308 e. The first-order valence-electron chi connectivity index (χ1n) is 4.00. The summed E-state index contributed by atoms with van der Waals surface area (Å²) >= 11 is 0. The minimum absolute atomic E-state index is 0.00157. The van der Waals surface area contributed by atoms with Gasteiger partial charge in [0.2, 0.25) is 0 Å². The first-order valence-corrected chi connectivity index (χ1v) is 4.00. The molecule has 0 aromatic heterocycles. The Balaban J connectivity index is 3.17. The number of hydrogen-bond acceptors (Lipinski definition) is 3. The van der Waals surface area contributed by atoms with Crippen molar-refractivity contribution in [3.05, 3.63) is 23.3 Å². The molecule has 70 valence electrons. The summed E-state index contributed by atoms with van der Waals surface area (Å²) in [4.78, 5) is 10.7. The van der Waals surface area contributed by atoms with E-state index in [0.29, 0.717) is 0 Å². The number of benzene rings is 1. The summed E-state index contributed by atoms with van der Waals surface area (Å²) in [5, 5.41) is 9.39. The van der Waals surface area contributed by atoms with Crippen LogP contribution in [0.4, 0.5) is 0 Å². The Morgan fingerprint density at radius 2 is 2.00 bits per heavy atom. The zero-order valence-electron chi connectivity index (χ0n) is 7.92. The highest BCUT2D eigenvalue weighted by atomic mass is 16.5. The molecule has 0 radical (unpaired) electrons. The van der Waals surface area contributed by atoms with Crippen LogP contribution in [0.15, 0.2) is 12.1 Å². The van der Waals surface area contributed by atoms with Crippen molar-refractivity contribution in [2.75, 3.05) is 0 Å². The van der Waals surface area contributed by atoms with Gasteiger partial charge in [0.1, 0.15) is 0 Å². The highest BCUT2D eigenvalue weighted by molar-refractivity contribution is 5.71. The van der Waals surface area contributed by atoms with E-state index < -0.39 is 5.97 Å². The summed E-state index contributed by atoms with van der Waals surface area (Å²) in [5.41, 5.74) is 1.77. The molecule has 0 spiro atoms. The molecule has 3 nitrogen and oxygen atoms in total. The molecule has 0 aliphatic heterocycles. The Labute approximate surface area is 77.0 Å². The average Bonchev–Trinajstić information content (AvgIpc) is 2.05. The first kappa shape index (κ1) is 9.58. The Morgan fingerprint density at radius 3 is 2.54 bits per heavy atom. The minimum Gasteiger partial charge on any atom is -0.504 e. The van der Waals surface area contributed by atoms with Gasteiger partial charge in [-0.15, -0.1) is 0 Å². The fraction of sp³-hybridized carbons (Fsp3) is 0.300. The number of rotatable bonds is 1. The topological polar surface area (TPSA) is 46.5 Å². The van der Waals surface area contributed by atoms with Crippen LogP contribution in [0.5, 0.6) is 11.5 Å². The quantitative estimate of drug-likeness (QED) is 0.530. The predicted octanol–water partition coefficient (Wildman–Crippen LogP) is 1.93. The predicted molar refractivity (Wildman–Crippen MR) is 48.9 cm³/mol. The van der Waals surface area contributed by atoms with Crippen LogP contribution in [0.3, 0.4) is 0 Å². The van der Waals surface area contributed by atoms with E-state index in [1.165, 1.54) is 13.0 Å². The number of carbonyl (C=O) groups is 1. The summed E-state index contributed by atoms with van der Waals surface area (Å²) in [6, 6.07) is 3.29. The van der Waals surface area contributed by atoms with Crippen LogP contribution in [0.1, 0.15) is 18.1 Å². The number of carbonyl (C=O) groups excluding carboxylic acids is 1. The maximum absolute atomic E-state index is 10.7. The van der Waals surface area contributed by atoms with E-state index in [1.807, 2.05) is 6.92 Å². The van der Waals surface area contributed by atoms with Crippen LogP contribution in [0.25, 0.3) is 0 Å². The van der Waals surface area contributed by atoms with Crippen molar-refractivity contribution in [3.63, 3.8) is 0 Å². The lowest BCUT2D eigenvalue weighted by molar-refractivity contribution is -0.132. The molecular formula is C10H12O3. The number of ether oxygens (including phenoxy) is 1. The van der Waals surface area contributed by atoms with Crippen molar-refractivity contribution in [1.29, 1.82) is 0 Å². The summed E-state index contributed by atoms with van der Waals surface area (Å²) in [6.07, 6.45) is 0. The molecule has 1 N–H and O–H groups in total. The van der Waals surface area contributed by atoms with Crippen molar-refractivity contribution < 1.29 is 14.6 Å². The van der Waals surface area contributed by atoms with Gasteiger partial charge in [-0.05, 0) is 31.0 Å². The van der Waals surface area contributed by atoms with Gasteiger partial charge in [-0.25, -0.2) is 0 Å². The van der Waals surface area contributed by atoms with Gasteiger partial charge in [0.05, 0.1) is 0 Å². The molecule has 0 unspecified atom stereocenters. The standard InChI is InChI=1S/C10H12O3/c1-6-4-5-9(12)10(7(6)2)13-8(3)11/h4-5,12H,1-3H3. The maximum atomic E-state index is 10.7. The second-order valence-electron chi connectivity index (χ2n) is 2.95. The average molecular weight is 180 g/mol. The second-order valence-corrected chi connectivity index (χ2v) is 2.95. The zero-order valence-corrected chi connectivity index (χ0v) is 7.92. The van der Waals surface area contributed by atoms with Gasteiger partial charge in [0.25, 0.3) is 0 Å². The van der Waals surface area contributed by atoms with Crippen molar-refractivity contribution in [3.8, 4) is 11.5 Å². The van der Waals surface area contributed by atoms with Crippen LogP contribution in [0.2, 0.25) is 0 Å². The van der Waals surface area contributed by atoms with Gasteiger partial charge >= 0.3 is 5.97 Å². The molecule has 0 saturated carbocycles. The molecule has 0 heterocycles. The number of aryl methyl sites for hydroxylation is 1. The Hall–Kier alpha value is -1.51. The van der Waals surface area contributed by atoms with Crippen molar-refractivity contribution >= 4 is 5.97 Å². The molecule has 13 heavy (non-hydrogen) atoms. The number of aromatic hydroxyl groups is 1. The number of phenols is 1. The third kappa shape index (κ3) is 1.99. The summed E-state index contributed by atoms with van der Waals surface area (Å²) in [5.74, 6) is -0.171. The normalized spacial score (nSPS) is 9.77. The van der Waals surface area contributed by atoms with Crippen molar-refractivity contribution in [2.24, 2.45) is 0 Å². The lowest BCUT2D eigenvalue weighted by Gasteiger charge is -2.09. The van der Waals surface area contributed by atoms with Gasteiger partial charge in [-0.1, -0.05) is 6.07 Å². The molecule has 1 aromatic rings. The zero-order chi connectivity index (χ0) is 10.0. The first-order chi connectivity index (χ1) is 6.02. The van der Waals surface area contributed by atoms with Gasteiger partial charge in [0.15, 0.2) is 11.5 Å². The summed E-state index contributed by atoms with van der Waals surface area (Å²) < 4.78 is 4.87. The molecule has 0 saturated heterocycles. The number of phenolic OH excluding ortho intramolecular Hbond substituents is 1. The van der Waals surface area contributed by atoms with Crippen LogP contribution in [-0.4, -0.2) is 11.1 Å². The minimum atomic E-state index is -0.427. The van der Waals surface area contributed by atoms with Gasteiger partial charge in [-0.2, -0.15) is 0 Å². The second kappa shape index (κ2) is 3.47. The Kier molecular flexibility index (Phi) is 2.56. The molecular weight excluding hydrogens is 168 g/mol. The molecule has 1 rings (SSSR count). The van der Waals surface area contributed by atoms with Crippen LogP contribution >= 0.6 is 0 Å². The summed E-state index contributed by atoms with van der Waals surface area (Å²) in [7, 11) is 0. The highest BCUT2D eigenvalue weighted by Crippen LogP contribution is 2.31. The highest BCUT2D eigenvalue weighted by Gasteiger charge is 2.10. The largest absolute Gasteiger partial charge is 0.504 e. The SMILES string of the molecule is CC(=O)Oc1c(O)ccc(C)c1C. The third-order valence-corrected chi connectivity index (χ3v) is 1.90. The summed E-state index contributed by atoms with van der Waals surface area (Å²) in [6.45, 7) is 5.00. The van der Waals surface area contributed by atoms with E-state index in [4.69, 9.17) is 4.74 Å². The molecule has 3 heteroatoms. The van der Waals surface area contributed by atoms with Gasteiger partial charge < -0.3 is 9.84 Å². The third-order valence-electron chi connectivity index (χ3n) is 1.90. The Morgan fingerprint density at radius 1 is 1.38 bits per heavy atom. The molecule has 0 fully saturated rings. The van der Waals surface area contributed by atoms with Crippen LogP contribution < -0.4 is 4.74 Å². The lowest BCUT2D eigenvalue weighted by atomic mass is 10.1. The smallest absolute Gasteiger partial charge is 0.308 e. The van der Waals surface area contributed by atoms with Gasteiger partial charge in [-0.3, -0.25) is 4.79 Å². The van der Waals surface area contributed by atoms with E-state index in [9.17, 15) is 9.90 Å². The number of hydrogen-bond donors (Lipinski definition) is 1. The fourth-order valence-electron chi connectivity index (χ4n) is 1.05. The lowest BCUT2D eigenvalue weighted by Crippen LogP contribution is -2.03. The van der Waals surface area contributed by atoms with Crippen LogP contribution in [0, 0.1) is 13.8 Å². The molecule has 1 aromatic carbocycles. The van der Waals surface area contributed by atoms with Crippen molar-refractivity contribution in [1.82, 2.24) is 0 Å². The van der Waals surface area contributed by atoms with Gasteiger partial charge in [0, 0.05) is 6.92 Å². The van der Waals surface area contributed by atoms with E-state index >= 15 is 0 Å². The Bertz CT molecular complexity index is 342. The molecule has 0 aliphatic rings. The van der Waals surface area contributed by atoms with E-state index in [0.717, 1.165) is 11.1 Å². The van der Waals surface area contributed by atoms with Crippen molar-refractivity contribution in [2.45, 2.75) is 20.8 Å². The molecule has 0 bridgehead atoms.